The average molecular weight is 343 g/mol. The van der Waals surface area contributed by atoms with Gasteiger partial charge in [-0.1, -0.05) is 6.07 Å². The molecule has 134 valence electrons. The van der Waals surface area contributed by atoms with E-state index in [4.69, 9.17) is 14.2 Å². The Kier molecular flexibility index (Phi) is 4.77. The minimum Gasteiger partial charge on any atom is -0.493 e. The Hall–Kier alpha value is -1.85. The van der Waals surface area contributed by atoms with Crippen LogP contribution in [0.4, 0.5) is 0 Å². The van der Waals surface area contributed by atoms with E-state index in [0.29, 0.717) is 6.61 Å². The predicted octanol–water partition coefficient (Wildman–Crippen LogP) is 2.48. The molecule has 0 radical (unpaired) electrons. The Balaban J connectivity index is 1.34. The fourth-order valence-corrected chi connectivity index (χ4v) is 3.97. The summed E-state index contributed by atoms with van der Waals surface area (Å²) >= 11 is 0. The summed E-state index contributed by atoms with van der Waals surface area (Å²) in [5, 5.41) is 3.14. The quantitative estimate of drug-likeness (QED) is 0.857. The van der Waals surface area contributed by atoms with Gasteiger partial charge in [0, 0.05) is 38.4 Å². The zero-order valence-corrected chi connectivity index (χ0v) is 14.5. The van der Waals surface area contributed by atoms with Crippen molar-refractivity contribution in [2.24, 2.45) is 0 Å². The molecule has 3 heterocycles. The molecule has 0 aliphatic carbocycles. The zero-order valence-electron chi connectivity index (χ0n) is 14.5. The largest absolute Gasteiger partial charge is 0.493 e. The minimum atomic E-state index is -0.0991. The van der Waals surface area contributed by atoms with Crippen LogP contribution in [-0.4, -0.2) is 44.0 Å². The first-order chi connectivity index (χ1) is 12.2. The van der Waals surface area contributed by atoms with Crippen LogP contribution in [0.3, 0.4) is 0 Å². The highest BCUT2D eigenvalue weighted by Crippen LogP contribution is 2.34. The molecule has 1 amide bonds. The number of hydrogen-bond donors (Lipinski definition) is 1. The SMILES string of the molecule is O=C(/C=C/c1ccc2c(c1)CCO2)NC1CCOC2(CCOCC2)C1. The molecule has 0 saturated carbocycles. The van der Waals surface area contributed by atoms with Gasteiger partial charge in [-0.3, -0.25) is 4.79 Å². The molecule has 1 aromatic carbocycles. The summed E-state index contributed by atoms with van der Waals surface area (Å²) in [6.07, 6.45) is 8.04. The van der Waals surface area contributed by atoms with Gasteiger partial charge in [-0.2, -0.15) is 0 Å². The molecule has 1 spiro atoms. The third-order valence-corrected chi connectivity index (χ3v) is 5.38. The van der Waals surface area contributed by atoms with Gasteiger partial charge in [0.2, 0.25) is 5.91 Å². The molecule has 1 unspecified atom stereocenters. The van der Waals surface area contributed by atoms with Gasteiger partial charge in [0.05, 0.1) is 12.2 Å². The number of carbonyl (C=O) groups excluding carboxylic acids is 1. The van der Waals surface area contributed by atoms with E-state index in [1.54, 1.807) is 6.08 Å². The lowest BCUT2D eigenvalue weighted by Crippen LogP contribution is -2.50. The van der Waals surface area contributed by atoms with Crippen LogP contribution in [0.2, 0.25) is 0 Å². The van der Waals surface area contributed by atoms with E-state index in [1.165, 1.54) is 5.56 Å². The second kappa shape index (κ2) is 7.18. The Bertz CT molecular complexity index is 658. The number of benzene rings is 1. The highest BCUT2D eigenvalue weighted by atomic mass is 16.5. The van der Waals surface area contributed by atoms with Gasteiger partial charge in [-0.05, 0) is 55.0 Å². The number of amides is 1. The van der Waals surface area contributed by atoms with E-state index >= 15 is 0 Å². The fraction of sp³-hybridized carbons (Fsp3) is 0.550. The highest BCUT2D eigenvalue weighted by Gasteiger charge is 2.39. The molecule has 0 aromatic heterocycles. The van der Waals surface area contributed by atoms with E-state index in [1.807, 2.05) is 18.2 Å². The molecule has 1 N–H and O–H groups in total. The van der Waals surface area contributed by atoms with Gasteiger partial charge < -0.3 is 19.5 Å². The van der Waals surface area contributed by atoms with Crippen molar-refractivity contribution in [3.63, 3.8) is 0 Å². The van der Waals surface area contributed by atoms with Crippen molar-refractivity contribution in [2.75, 3.05) is 26.4 Å². The molecule has 1 atom stereocenters. The third kappa shape index (κ3) is 3.88. The van der Waals surface area contributed by atoms with Gasteiger partial charge in [0.1, 0.15) is 5.75 Å². The van der Waals surface area contributed by atoms with E-state index in [0.717, 1.165) is 63.2 Å². The van der Waals surface area contributed by atoms with E-state index in [9.17, 15) is 4.79 Å². The maximum absolute atomic E-state index is 12.3. The molecule has 2 fully saturated rings. The van der Waals surface area contributed by atoms with Gasteiger partial charge in [-0.15, -0.1) is 0 Å². The maximum atomic E-state index is 12.3. The Morgan fingerprint density at radius 2 is 2.08 bits per heavy atom. The number of fused-ring (bicyclic) bond motifs is 1. The molecule has 3 aliphatic rings. The molecule has 4 rings (SSSR count). The number of ether oxygens (including phenoxy) is 3. The first kappa shape index (κ1) is 16.6. The van der Waals surface area contributed by atoms with Gasteiger partial charge >= 0.3 is 0 Å². The van der Waals surface area contributed by atoms with Crippen molar-refractivity contribution in [3.8, 4) is 5.75 Å². The number of nitrogens with one attached hydrogen (secondary N) is 1. The summed E-state index contributed by atoms with van der Waals surface area (Å²) in [6, 6.07) is 6.24. The molecule has 25 heavy (non-hydrogen) atoms. The fourth-order valence-electron chi connectivity index (χ4n) is 3.97. The van der Waals surface area contributed by atoms with Crippen LogP contribution in [-0.2, 0) is 20.7 Å². The van der Waals surface area contributed by atoms with Crippen LogP contribution in [0.1, 0.15) is 36.8 Å². The Morgan fingerprint density at radius 1 is 1.20 bits per heavy atom. The van der Waals surface area contributed by atoms with Crippen LogP contribution >= 0.6 is 0 Å². The van der Waals surface area contributed by atoms with Crippen LogP contribution in [0.5, 0.6) is 5.75 Å². The molecule has 0 bridgehead atoms. The second-order valence-corrected chi connectivity index (χ2v) is 7.14. The summed E-state index contributed by atoms with van der Waals surface area (Å²) in [6.45, 7) is 2.96. The average Bonchev–Trinajstić information content (AvgIpc) is 3.08. The van der Waals surface area contributed by atoms with Crippen molar-refractivity contribution >= 4 is 12.0 Å². The molecular formula is C20H25NO4. The molecule has 5 heteroatoms. The molecule has 2 saturated heterocycles. The smallest absolute Gasteiger partial charge is 0.244 e. The van der Waals surface area contributed by atoms with Crippen molar-refractivity contribution in [2.45, 2.75) is 43.7 Å². The minimum absolute atomic E-state index is 0.0362. The summed E-state index contributed by atoms with van der Waals surface area (Å²) in [5.74, 6) is 0.927. The normalized spacial score (nSPS) is 24.9. The van der Waals surface area contributed by atoms with Crippen molar-refractivity contribution in [1.82, 2.24) is 5.32 Å². The first-order valence-corrected chi connectivity index (χ1v) is 9.19. The lowest BCUT2D eigenvalue weighted by atomic mass is 9.84. The van der Waals surface area contributed by atoms with E-state index < -0.39 is 0 Å². The summed E-state index contributed by atoms with van der Waals surface area (Å²) in [4.78, 5) is 12.3. The zero-order chi connectivity index (χ0) is 17.1. The molecule has 5 nitrogen and oxygen atoms in total. The van der Waals surface area contributed by atoms with Crippen LogP contribution in [0.25, 0.3) is 6.08 Å². The van der Waals surface area contributed by atoms with E-state index in [-0.39, 0.29) is 17.6 Å². The summed E-state index contributed by atoms with van der Waals surface area (Å²) < 4.78 is 17.0. The molecular weight excluding hydrogens is 318 g/mol. The number of hydrogen-bond acceptors (Lipinski definition) is 4. The lowest BCUT2D eigenvalue weighted by molar-refractivity contribution is -0.142. The van der Waals surface area contributed by atoms with E-state index in [2.05, 4.69) is 11.4 Å². The second-order valence-electron chi connectivity index (χ2n) is 7.14. The third-order valence-electron chi connectivity index (χ3n) is 5.38. The number of rotatable bonds is 3. The van der Waals surface area contributed by atoms with Crippen molar-refractivity contribution in [1.29, 1.82) is 0 Å². The lowest BCUT2D eigenvalue weighted by Gasteiger charge is -2.43. The van der Waals surface area contributed by atoms with Crippen LogP contribution in [0.15, 0.2) is 24.3 Å². The van der Waals surface area contributed by atoms with Crippen LogP contribution in [0, 0.1) is 0 Å². The molecule has 3 aliphatic heterocycles. The highest BCUT2D eigenvalue weighted by molar-refractivity contribution is 5.92. The molecule has 1 aromatic rings. The maximum Gasteiger partial charge on any atom is 0.244 e. The Morgan fingerprint density at radius 3 is 2.96 bits per heavy atom. The standard InChI is InChI=1S/C20H25NO4/c22-19(4-2-15-1-3-18-16(13-15)5-9-24-18)21-17-6-10-25-20(14-17)7-11-23-12-8-20/h1-4,13,17H,5-12,14H2,(H,21,22)/b4-2+. The predicted molar refractivity (Wildman–Crippen MR) is 94.6 cm³/mol. The topological polar surface area (TPSA) is 56.8 Å². The summed E-state index contributed by atoms with van der Waals surface area (Å²) in [7, 11) is 0. The van der Waals surface area contributed by atoms with Crippen molar-refractivity contribution in [3.05, 3.63) is 35.4 Å². The van der Waals surface area contributed by atoms with Gasteiger partial charge in [0.15, 0.2) is 0 Å². The number of carbonyl (C=O) groups is 1. The van der Waals surface area contributed by atoms with Crippen LogP contribution < -0.4 is 10.1 Å². The van der Waals surface area contributed by atoms with Gasteiger partial charge in [0.25, 0.3) is 0 Å². The van der Waals surface area contributed by atoms with Gasteiger partial charge in [-0.25, -0.2) is 0 Å². The summed E-state index contributed by atoms with van der Waals surface area (Å²) in [5.41, 5.74) is 2.15. The first-order valence-electron chi connectivity index (χ1n) is 9.19. The van der Waals surface area contributed by atoms with Crippen molar-refractivity contribution < 1.29 is 19.0 Å². The Labute approximate surface area is 148 Å². The monoisotopic (exact) mass is 343 g/mol.